The number of carbonyl (C=O) groups is 1. The van der Waals surface area contributed by atoms with Crippen molar-refractivity contribution in [2.75, 3.05) is 6.61 Å². The molecule has 3 nitrogen and oxygen atoms in total. The van der Waals surface area contributed by atoms with Gasteiger partial charge in [-0.2, -0.15) is 114 Å². The van der Waals surface area contributed by atoms with Crippen molar-refractivity contribution in [2.24, 2.45) is 0 Å². The molecule has 0 aliphatic rings. The van der Waals surface area contributed by atoms with E-state index in [0.717, 1.165) is 18.2 Å². The first-order chi connectivity index (χ1) is 26.9. The van der Waals surface area contributed by atoms with Gasteiger partial charge in [0.1, 0.15) is 11.5 Å². The Morgan fingerprint density at radius 3 is 1.10 bits per heavy atom. The summed E-state index contributed by atoms with van der Waals surface area (Å²) in [5, 5.41) is 0. The molecule has 0 amide bonds. The lowest BCUT2D eigenvalue weighted by Gasteiger charge is -2.44. The summed E-state index contributed by atoms with van der Waals surface area (Å²) in [6.45, 7) is 1.63. The van der Waals surface area contributed by atoms with Gasteiger partial charge in [-0.05, 0) is 29.7 Å². The van der Waals surface area contributed by atoms with Crippen LogP contribution in [-0.2, 0) is 4.79 Å². The monoisotopic (exact) mass is 948 g/mol. The molecule has 0 aromatic heterocycles. The lowest BCUT2D eigenvalue weighted by Crippen LogP contribution is -2.78. The second kappa shape index (κ2) is 16.7. The number of unbranched alkanes of at least 4 members (excludes halogenated alkanes) is 1. The average molecular weight is 949 g/mol. The predicted molar refractivity (Wildman–Crippen MR) is 169 cm³/mol. The number of alkyl halides is 23. The SMILES string of the molecule is CCCCOc1ccc(OC(=O)C(F)(F)C(F)(F)C(F)(F)C(F)(F)C(F)(F)C(F)(F)C(F)(F)C(F)(F)C(F)(F)C(F)(F)C(F)(F)F)c(-c2ccccc2)c1-c1ccccc1.S. The predicted octanol–water partition coefficient (Wildman–Crippen LogP) is 13.1. The highest BCUT2D eigenvalue weighted by Gasteiger charge is 2.99. The summed E-state index contributed by atoms with van der Waals surface area (Å²) < 4.78 is 330. The number of benzene rings is 3. The topological polar surface area (TPSA) is 35.5 Å². The molecule has 0 fully saturated rings. The molecule has 0 radical (unpaired) electrons. The smallest absolute Gasteiger partial charge is 0.460 e. The quantitative estimate of drug-likeness (QED) is 0.0585. The Morgan fingerprint density at radius 2 is 0.754 bits per heavy atom. The number of hydrogen-bond donors (Lipinski definition) is 0. The molecule has 0 N–H and O–H groups in total. The molecule has 0 unspecified atom stereocenters. The number of carbonyl (C=O) groups excluding carboxylic acids is 1. The molecule has 3 aromatic carbocycles. The van der Waals surface area contributed by atoms with E-state index < -0.39 is 82.7 Å². The fourth-order valence-corrected chi connectivity index (χ4v) is 4.93. The number of esters is 1. The summed E-state index contributed by atoms with van der Waals surface area (Å²) in [5.41, 5.74) is -1.00. The van der Waals surface area contributed by atoms with Gasteiger partial charge in [-0.1, -0.05) is 74.0 Å². The van der Waals surface area contributed by atoms with E-state index in [2.05, 4.69) is 4.74 Å². The van der Waals surface area contributed by atoms with Crippen LogP contribution in [0.3, 0.4) is 0 Å². The van der Waals surface area contributed by atoms with E-state index in [1.807, 2.05) is 0 Å². The maximum atomic E-state index is 15.0. The van der Waals surface area contributed by atoms with E-state index in [4.69, 9.17) is 4.74 Å². The van der Waals surface area contributed by atoms with E-state index in [1.165, 1.54) is 48.5 Å². The highest BCUT2D eigenvalue weighted by Crippen LogP contribution is 2.67. The summed E-state index contributed by atoms with van der Waals surface area (Å²) in [6, 6.07) is 14.0. The molecule has 0 saturated heterocycles. The van der Waals surface area contributed by atoms with Crippen LogP contribution in [0.2, 0.25) is 0 Å². The van der Waals surface area contributed by atoms with Gasteiger partial charge in [-0.3, -0.25) is 0 Å². The van der Waals surface area contributed by atoms with Gasteiger partial charge in [-0.15, -0.1) is 0 Å². The van der Waals surface area contributed by atoms with Crippen LogP contribution in [0, 0.1) is 0 Å². The van der Waals surface area contributed by atoms with E-state index in [0.29, 0.717) is 18.9 Å². The number of ether oxygens (including phenoxy) is 2. The Kier molecular flexibility index (Phi) is 14.5. The molecule has 27 heteroatoms. The maximum Gasteiger partial charge on any atom is 0.460 e. The molecular formula is C34H23F23O3S. The molecule has 0 atom stereocenters. The molecule has 3 aromatic rings. The van der Waals surface area contributed by atoms with Crippen LogP contribution in [0.1, 0.15) is 19.8 Å². The van der Waals surface area contributed by atoms with Crippen molar-refractivity contribution in [3.8, 4) is 33.8 Å². The lowest BCUT2D eigenvalue weighted by atomic mass is 9.85. The van der Waals surface area contributed by atoms with Gasteiger partial charge in [0.05, 0.1) is 6.61 Å². The maximum absolute atomic E-state index is 15.0. The van der Waals surface area contributed by atoms with E-state index in [-0.39, 0.29) is 42.5 Å². The van der Waals surface area contributed by atoms with Crippen molar-refractivity contribution in [1.29, 1.82) is 0 Å². The van der Waals surface area contributed by atoms with Crippen LogP contribution >= 0.6 is 13.5 Å². The van der Waals surface area contributed by atoms with Gasteiger partial charge in [0.15, 0.2) is 0 Å². The van der Waals surface area contributed by atoms with Gasteiger partial charge < -0.3 is 9.47 Å². The highest BCUT2D eigenvalue weighted by atomic mass is 32.1. The standard InChI is InChI=1S/C34H21F23O3.H2S/c1-2-3-16-59-19-14-15-20(22(18-12-8-5-9-13-18)21(19)17-10-6-4-7-11-17)60-23(58)24(35,36)25(37,38)26(39,40)27(41,42)28(43,44)29(45,46)30(47,48)31(49,50)32(51,52)33(53,54)34(55,56)57;/h4-15H,2-3,16H2,1H3;1H2. The molecule has 0 spiro atoms. The van der Waals surface area contributed by atoms with Gasteiger partial charge in [0, 0.05) is 11.1 Å². The van der Waals surface area contributed by atoms with Crippen LogP contribution in [0.5, 0.6) is 11.5 Å². The minimum absolute atomic E-state index is 0. The molecule has 0 aliphatic heterocycles. The van der Waals surface area contributed by atoms with E-state index in [1.54, 1.807) is 6.92 Å². The highest BCUT2D eigenvalue weighted by molar-refractivity contribution is 7.59. The summed E-state index contributed by atoms with van der Waals surface area (Å²) in [4.78, 5) is 12.5. The Balaban J connectivity index is 0.0000128. The Labute approximate surface area is 333 Å². The third-order valence-corrected chi connectivity index (χ3v) is 8.37. The van der Waals surface area contributed by atoms with E-state index >= 15 is 8.78 Å². The van der Waals surface area contributed by atoms with Crippen molar-refractivity contribution in [3.63, 3.8) is 0 Å². The van der Waals surface area contributed by atoms with Gasteiger partial charge in [0.25, 0.3) is 0 Å². The first kappa shape index (κ1) is 52.8. The molecule has 0 aliphatic carbocycles. The Morgan fingerprint density at radius 1 is 0.443 bits per heavy atom. The van der Waals surface area contributed by atoms with Crippen molar-refractivity contribution >= 4 is 19.5 Å². The third kappa shape index (κ3) is 7.99. The molecule has 3 rings (SSSR count). The van der Waals surface area contributed by atoms with Crippen LogP contribution in [0.4, 0.5) is 101 Å². The van der Waals surface area contributed by atoms with Crippen LogP contribution in [-0.4, -0.2) is 78.0 Å². The van der Waals surface area contributed by atoms with E-state index in [9.17, 15) is 97.0 Å². The van der Waals surface area contributed by atoms with Crippen LogP contribution in [0.15, 0.2) is 72.8 Å². The molecule has 0 saturated carbocycles. The van der Waals surface area contributed by atoms with Crippen molar-refractivity contribution in [2.45, 2.75) is 85.2 Å². The second-order valence-electron chi connectivity index (χ2n) is 12.4. The zero-order valence-corrected chi connectivity index (χ0v) is 30.5. The molecule has 0 heterocycles. The minimum Gasteiger partial charge on any atom is -0.493 e. The number of hydrogen-bond acceptors (Lipinski definition) is 3. The molecule has 344 valence electrons. The first-order valence-electron chi connectivity index (χ1n) is 15.9. The molecular weight excluding hydrogens is 925 g/mol. The first-order valence-corrected chi connectivity index (χ1v) is 15.9. The second-order valence-corrected chi connectivity index (χ2v) is 12.4. The fourth-order valence-electron chi connectivity index (χ4n) is 4.93. The average Bonchev–Trinajstić information content (AvgIpc) is 3.14. The lowest BCUT2D eigenvalue weighted by molar-refractivity contribution is -0.477. The van der Waals surface area contributed by atoms with Crippen molar-refractivity contribution in [3.05, 3.63) is 72.8 Å². The fraction of sp³-hybridized carbons (Fsp3) is 0.441. The van der Waals surface area contributed by atoms with Gasteiger partial charge in [-0.25, -0.2) is 4.79 Å². The Bertz CT molecular complexity index is 1980. The van der Waals surface area contributed by atoms with Crippen molar-refractivity contribution in [1.82, 2.24) is 0 Å². The summed E-state index contributed by atoms with van der Waals surface area (Å²) >= 11 is 0. The van der Waals surface area contributed by atoms with Gasteiger partial charge in [0.2, 0.25) is 0 Å². The van der Waals surface area contributed by atoms with Crippen molar-refractivity contribution < 1.29 is 115 Å². The van der Waals surface area contributed by atoms with Gasteiger partial charge >= 0.3 is 71.4 Å². The van der Waals surface area contributed by atoms with Crippen LogP contribution in [0.25, 0.3) is 22.3 Å². The minimum atomic E-state index is -9.56. The zero-order valence-electron chi connectivity index (χ0n) is 29.5. The Hall–Kier alpha value is -4.33. The third-order valence-electron chi connectivity index (χ3n) is 8.37. The zero-order chi connectivity index (χ0) is 46.6. The largest absolute Gasteiger partial charge is 0.493 e. The summed E-state index contributed by atoms with van der Waals surface area (Å²) in [5.74, 6) is -96.1. The number of halogens is 23. The van der Waals surface area contributed by atoms with Crippen LogP contribution < -0.4 is 9.47 Å². The number of rotatable bonds is 17. The summed E-state index contributed by atoms with van der Waals surface area (Å²) in [7, 11) is 0. The summed E-state index contributed by atoms with van der Waals surface area (Å²) in [6.07, 6.45) is -7.29. The normalized spacial score (nSPS) is 14.4. The molecule has 0 bridgehead atoms. The molecule has 61 heavy (non-hydrogen) atoms.